The molecule has 2 aromatic heterocycles. The van der Waals surface area contributed by atoms with Crippen LogP contribution in [0.1, 0.15) is 49.2 Å². The lowest BCUT2D eigenvalue weighted by Crippen LogP contribution is -2.45. The summed E-state index contributed by atoms with van der Waals surface area (Å²) in [7, 11) is 0. The van der Waals surface area contributed by atoms with Crippen molar-refractivity contribution in [2.75, 3.05) is 13.2 Å². The number of benzene rings is 1. The summed E-state index contributed by atoms with van der Waals surface area (Å²) in [4.78, 5) is 17.5. The van der Waals surface area contributed by atoms with E-state index in [-0.39, 0.29) is 17.6 Å². The molecule has 1 aromatic carbocycles. The second-order valence-corrected chi connectivity index (χ2v) is 9.60. The van der Waals surface area contributed by atoms with Crippen molar-refractivity contribution in [2.24, 2.45) is 0 Å². The van der Waals surface area contributed by atoms with Gasteiger partial charge < -0.3 is 19.4 Å². The number of aryl methyl sites for hydroxylation is 2. The first-order valence-corrected chi connectivity index (χ1v) is 12.0. The zero-order valence-corrected chi connectivity index (χ0v) is 20.8. The molecule has 0 saturated carbocycles. The summed E-state index contributed by atoms with van der Waals surface area (Å²) in [6.45, 7) is 9.50. The van der Waals surface area contributed by atoms with Crippen molar-refractivity contribution < 1.29 is 14.3 Å². The van der Waals surface area contributed by atoms with Crippen LogP contribution in [0.15, 0.2) is 42.5 Å². The molecule has 1 aliphatic heterocycles. The van der Waals surface area contributed by atoms with Gasteiger partial charge in [-0.05, 0) is 70.4 Å². The Morgan fingerprint density at radius 3 is 2.83 bits per heavy atom. The van der Waals surface area contributed by atoms with Crippen molar-refractivity contribution in [3.63, 3.8) is 0 Å². The van der Waals surface area contributed by atoms with Crippen LogP contribution in [0.4, 0.5) is 0 Å². The van der Waals surface area contributed by atoms with E-state index in [2.05, 4.69) is 11.4 Å². The molecule has 1 fully saturated rings. The molecule has 182 valence electrons. The second kappa shape index (κ2) is 10.3. The van der Waals surface area contributed by atoms with Gasteiger partial charge in [-0.15, -0.1) is 0 Å². The minimum Gasteiger partial charge on any atom is -0.492 e. The molecule has 1 atom stereocenters. The average molecular weight is 473 g/mol. The molecule has 1 amide bonds. The fraction of sp³-hybridized carbons (Fsp3) is 0.393. The molecule has 1 unspecified atom stereocenters. The summed E-state index contributed by atoms with van der Waals surface area (Å²) in [6, 6.07) is 14.0. The van der Waals surface area contributed by atoms with Gasteiger partial charge in [0.2, 0.25) is 5.91 Å². The highest BCUT2D eigenvalue weighted by Crippen LogP contribution is 2.29. The van der Waals surface area contributed by atoms with E-state index in [1.807, 2.05) is 68.7 Å². The second-order valence-electron chi connectivity index (χ2n) is 9.60. The van der Waals surface area contributed by atoms with E-state index in [9.17, 15) is 10.1 Å². The number of nitrogens with zero attached hydrogens (tertiary/aromatic N) is 3. The van der Waals surface area contributed by atoms with E-state index < -0.39 is 0 Å². The van der Waals surface area contributed by atoms with Crippen molar-refractivity contribution >= 4 is 23.0 Å². The topological polar surface area (TPSA) is 89.2 Å². The third-order valence-electron chi connectivity index (χ3n) is 6.25. The average Bonchev–Trinajstić information content (AvgIpc) is 3.10. The molecule has 1 saturated heterocycles. The van der Waals surface area contributed by atoms with Gasteiger partial charge in [-0.2, -0.15) is 5.26 Å². The van der Waals surface area contributed by atoms with E-state index in [0.29, 0.717) is 31.0 Å². The van der Waals surface area contributed by atoms with Crippen LogP contribution in [0.25, 0.3) is 17.1 Å². The molecule has 7 heteroatoms. The van der Waals surface area contributed by atoms with Crippen LogP contribution in [-0.2, 0) is 16.1 Å². The van der Waals surface area contributed by atoms with Gasteiger partial charge in [0, 0.05) is 29.8 Å². The third-order valence-corrected chi connectivity index (χ3v) is 6.25. The van der Waals surface area contributed by atoms with Crippen molar-refractivity contribution in [3.8, 4) is 11.8 Å². The number of nitrogens with one attached hydrogen (secondary N) is 1. The summed E-state index contributed by atoms with van der Waals surface area (Å²) in [5.41, 5.74) is 3.50. The Hall–Kier alpha value is -3.63. The summed E-state index contributed by atoms with van der Waals surface area (Å²) in [5, 5.41) is 13.9. The number of aromatic nitrogens is 2. The molecule has 3 aromatic rings. The summed E-state index contributed by atoms with van der Waals surface area (Å²) in [5.74, 6) is 0.593. The Bertz CT molecular complexity index is 1290. The van der Waals surface area contributed by atoms with Crippen LogP contribution >= 0.6 is 0 Å². The van der Waals surface area contributed by atoms with Crippen LogP contribution in [0, 0.1) is 25.2 Å². The number of hydrogen-bond donors (Lipinski definition) is 1. The van der Waals surface area contributed by atoms with Crippen LogP contribution in [0.3, 0.4) is 0 Å². The van der Waals surface area contributed by atoms with Crippen LogP contribution in [0.5, 0.6) is 5.75 Å². The number of fused-ring (bicyclic) bond motifs is 1. The highest BCUT2D eigenvalue weighted by Gasteiger charge is 2.29. The zero-order chi connectivity index (χ0) is 25.0. The quantitative estimate of drug-likeness (QED) is 0.504. The third kappa shape index (κ3) is 5.72. The number of ether oxygens (including phenoxy) is 2. The Kier molecular flexibility index (Phi) is 7.23. The molecule has 3 heterocycles. The van der Waals surface area contributed by atoms with Gasteiger partial charge in [0.25, 0.3) is 0 Å². The van der Waals surface area contributed by atoms with E-state index >= 15 is 0 Å². The largest absolute Gasteiger partial charge is 0.492 e. The first-order valence-electron chi connectivity index (χ1n) is 12.0. The Morgan fingerprint density at radius 1 is 1.34 bits per heavy atom. The van der Waals surface area contributed by atoms with Gasteiger partial charge in [0.05, 0.1) is 23.4 Å². The maximum absolute atomic E-state index is 12.8. The predicted molar refractivity (Wildman–Crippen MR) is 136 cm³/mol. The molecule has 0 spiro atoms. The molecule has 1 N–H and O–H groups in total. The molecule has 1 aliphatic rings. The van der Waals surface area contributed by atoms with Gasteiger partial charge in [-0.1, -0.05) is 18.2 Å². The maximum atomic E-state index is 12.8. The van der Waals surface area contributed by atoms with Crippen LogP contribution in [0.2, 0.25) is 0 Å². The van der Waals surface area contributed by atoms with Gasteiger partial charge in [-0.25, -0.2) is 4.98 Å². The molecular formula is C28H32N4O3. The molecule has 0 radical (unpaired) electrons. The number of pyridine rings is 1. The first kappa shape index (κ1) is 24.5. The Labute approximate surface area is 206 Å². The van der Waals surface area contributed by atoms with Crippen molar-refractivity contribution in [1.29, 1.82) is 5.26 Å². The Balaban J connectivity index is 1.62. The van der Waals surface area contributed by atoms with E-state index in [0.717, 1.165) is 40.9 Å². The molecule has 7 nitrogen and oxygen atoms in total. The normalized spacial score (nSPS) is 17.4. The number of amides is 1. The number of hydrogen-bond acceptors (Lipinski definition) is 5. The number of nitriles is 1. The van der Waals surface area contributed by atoms with Gasteiger partial charge in [-0.3, -0.25) is 4.79 Å². The predicted octanol–water partition coefficient (Wildman–Crippen LogP) is 4.69. The Morgan fingerprint density at radius 2 is 2.11 bits per heavy atom. The van der Waals surface area contributed by atoms with Gasteiger partial charge >= 0.3 is 0 Å². The standard InChI is InChI=1S/C28H32N4O3/c1-19-16-20(2)30-27-26(19)23(18-29)24(32(27)13-15-34-22-8-6-5-7-9-22)10-11-25(33)31-21-12-14-35-28(3,4)17-21/h5-11,16,21H,12-15,17H2,1-4H3,(H,31,33)/b11-10+. The summed E-state index contributed by atoms with van der Waals surface area (Å²) < 4.78 is 13.6. The molecule has 4 rings (SSSR count). The minimum absolute atomic E-state index is 0.0584. The van der Waals surface area contributed by atoms with Gasteiger partial charge in [0.1, 0.15) is 24.1 Å². The lowest BCUT2D eigenvalue weighted by atomic mass is 9.94. The summed E-state index contributed by atoms with van der Waals surface area (Å²) in [6.07, 6.45) is 4.77. The van der Waals surface area contributed by atoms with Gasteiger partial charge in [0.15, 0.2) is 0 Å². The fourth-order valence-electron chi connectivity index (χ4n) is 4.74. The van der Waals surface area contributed by atoms with E-state index in [1.54, 1.807) is 6.08 Å². The molecule has 0 bridgehead atoms. The first-order chi connectivity index (χ1) is 16.8. The number of rotatable bonds is 7. The SMILES string of the molecule is Cc1cc(C)c2c(C#N)c(/C=C/C(=O)NC3CCOC(C)(C)C3)n(CCOc3ccccc3)c2n1. The number of para-hydroxylation sites is 1. The van der Waals surface area contributed by atoms with Crippen molar-refractivity contribution in [2.45, 2.75) is 58.7 Å². The zero-order valence-electron chi connectivity index (χ0n) is 20.8. The summed E-state index contributed by atoms with van der Waals surface area (Å²) >= 11 is 0. The van der Waals surface area contributed by atoms with E-state index in [4.69, 9.17) is 14.5 Å². The van der Waals surface area contributed by atoms with Crippen molar-refractivity contribution in [1.82, 2.24) is 14.9 Å². The highest BCUT2D eigenvalue weighted by molar-refractivity contribution is 5.95. The molecular weight excluding hydrogens is 440 g/mol. The van der Waals surface area contributed by atoms with Crippen LogP contribution < -0.4 is 10.1 Å². The lowest BCUT2D eigenvalue weighted by Gasteiger charge is -2.35. The molecule has 0 aliphatic carbocycles. The van der Waals surface area contributed by atoms with Crippen LogP contribution in [-0.4, -0.2) is 40.3 Å². The maximum Gasteiger partial charge on any atom is 0.244 e. The lowest BCUT2D eigenvalue weighted by molar-refractivity contribution is -0.119. The number of carbonyl (C=O) groups excluding carboxylic acids is 1. The van der Waals surface area contributed by atoms with E-state index in [1.165, 1.54) is 6.08 Å². The smallest absolute Gasteiger partial charge is 0.244 e. The number of carbonyl (C=O) groups is 1. The highest BCUT2D eigenvalue weighted by atomic mass is 16.5. The fourth-order valence-corrected chi connectivity index (χ4v) is 4.74. The monoisotopic (exact) mass is 472 g/mol. The van der Waals surface area contributed by atoms with Crippen molar-refractivity contribution in [3.05, 3.63) is 65.0 Å². The molecule has 35 heavy (non-hydrogen) atoms. The minimum atomic E-state index is -0.250.